The Hall–Kier alpha value is -3.15. The average Bonchev–Trinajstić information content (AvgIpc) is 3.11. The van der Waals surface area contributed by atoms with E-state index in [0.29, 0.717) is 12.4 Å². The van der Waals surface area contributed by atoms with E-state index in [4.69, 9.17) is 9.15 Å². The van der Waals surface area contributed by atoms with Gasteiger partial charge >= 0.3 is 11.8 Å². The number of carbonyl (C=O) groups is 1. The lowest BCUT2D eigenvalue weighted by Gasteiger charge is -2.04. The van der Waals surface area contributed by atoms with Crippen LogP contribution in [0.5, 0.6) is 5.75 Å². The van der Waals surface area contributed by atoms with E-state index in [2.05, 4.69) is 15.5 Å². The summed E-state index contributed by atoms with van der Waals surface area (Å²) in [4.78, 5) is 12.1. The van der Waals surface area contributed by atoms with Gasteiger partial charge < -0.3 is 14.5 Å². The summed E-state index contributed by atoms with van der Waals surface area (Å²) in [6, 6.07) is 15.1. The molecule has 1 N–H and O–H groups in total. The van der Waals surface area contributed by atoms with Crippen LogP contribution in [-0.2, 0) is 6.54 Å². The standard InChI is InChI=1S/C18H17N3O3/c1-12-3-7-14(8-4-12)17-20-21-18(24-17)16(22)19-11-13-5-9-15(23-2)10-6-13/h3-10H,11H2,1-2H3,(H,19,22). The topological polar surface area (TPSA) is 77.2 Å². The van der Waals surface area contributed by atoms with Crippen molar-refractivity contribution in [2.75, 3.05) is 7.11 Å². The van der Waals surface area contributed by atoms with Crippen molar-refractivity contribution in [1.29, 1.82) is 0 Å². The van der Waals surface area contributed by atoms with E-state index in [1.54, 1.807) is 7.11 Å². The van der Waals surface area contributed by atoms with Crippen LogP contribution in [0, 0.1) is 6.92 Å². The Labute approximate surface area is 139 Å². The first-order chi connectivity index (χ1) is 11.7. The van der Waals surface area contributed by atoms with Crippen molar-refractivity contribution >= 4 is 5.91 Å². The number of nitrogens with zero attached hydrogens (tertiary/aromatic N) is 2. The predicted molar refractivity (Wildman–Crippen MR) is 88.6 cm³/mol. The minimum absolute atomic E-state index is 0.0564. The fraction of sp³-hybridized carbons (Fsp3) is 0.167. The highest BCUT2D eigenvalue weighted by Crippen LogP contribution is 2.18. The lowest BCUT2D eigenvalue weighted by molar-refractivity contribution is 0.0917. The first-order valence-corrected chi connectivity index (χ1v) is 7.47. The number of amides is 1. The first kappa shape index (κ1) is 15.7. The molecule has 0 spiro atoms. The molecule has 24 heavy (non-hydrogen) atoms. The van der Waals surface area contributed by atoms with Gasteiger partial charge in [-0.05, 0) is 36.8 Å². The van der Waals surface area contributed by atoms with Crippen LogP contribution < -0.4 is 10.1 Å². The Kier molecular flexibility index (Phi) is 4.56. The summed E-state index contributed by atoms with van der Waals surface area (Å²) in [5, 5.41) is 10.5. The van der Waals surface area contributed by atoms with E-state index >= 15 is 0 Å². The largest absolute Gasteiger partial charge is 0.497 e. The molecule has 1 aromatic heterocycles. The van der Waals surface area contributed by atoms with Crippen LogP contribution in [0.4, 0.5) is 0 Å². The highest BCUT2D eigenvalue weighted by molar-refractivity contribution is 5.89. The highest BCUT2D eigenvalue weighted by atomic mass is 16.5. The molecule has 0 aliphatic heterocycles. The fourth-order valence-electron chi connectivity index (χ4n) is 2.13. The molecule has 0 saturated heterocycles. The zero-order valence-electron chi connectivity index (χ0n) is 13.4. The molecule has 0 bridgehead atoms. The van der Waals surface area contributed by atoms with Crippen LogP contribution in [0.3, 0.4) is 0 Å². The number of benzene rings is 2. The zero-order valence-corrected chi connectivity index (χ0v) is 13.4. The molecule has 0 atom stereocenters. The van der Waals surface area contributed by atoms with E-state index in [1.807, 2.05) is 55.5 Å². The molecule has 6 nitrogen and oxygen atoms in total. The van der Waals surface area contributed by atoms with E-state index in [1.165, 1.54) is 0 Å². The van der Waals surface area contributed by atoms with Crippen molar-refractivity contribution in [2.24, 2.45) is 0 Å². The minimum atomic E-state index is -0.406. The predicted octanol–water partition coefficient (Wildman–Crippen LogP) is 2.98. The number of rotatable bonds is 5. The van der Waals surface area contributed by atoms with Gasteiger partial charge in [-0.25, -0.2) is 0 Å². The van der Waals surface area contributed by atoms with Gasteiger partial charge in [-0.1, -0.05) is 29.8 Å². The normalized spacial score (nSPS) is 10.4. The molecular weight excluding hydrogens is 306 g/mol. The Morgan fingerprint density at radius 3 is 2.46 bits per heavy atom. The number of methoxy groups -OCH3 is 1. The molecule has 1 heterocycles. The number of hydrogen-bond donors (Lipinski definition) is 1. The molecule has 0 saturated carbocycles. The summed E-state index contributed by atoms with van der Waals surface area (Å²) in [6.07, 6.45) is 0. The summed E-state index contributed by atoms with van der Waals surface area (Å²) in [5.41, 5.74) is 2.86. The molecule has 0 aliphatic rings. The third-order valence-electron chi connectivity index (χ3n) is 3.53. The van der Waals surface area contributed by atoms with Gasteiger partial charge in [0.05, 0.1) is 7.11 Å². The smallest absolute Gasteiger partial charge is 0.309 e. The van der Waals surface area contributed by atoms with Crippen LogP contribution in [-0.4, -0.2) is 23.2 Å². The van der Waals surface area contributed by atoms with Gasteiger partial charge in [0.2, 0.25) is 5.89 Å². The van der Waals surface area contributed by atoms with Crippen LogP contribution >= 0.6 is 0 Å². The van der Waals surface area contributed by atoms with Crippen molar-refractivity contribution in [3.63, 3.8) is 0 Å². The lowest BCUT2D eigenvalue weighted by atomic mass is 10.1. The van der Waals surface area contributed by atoms with Gasteiger partial charge in [-0.3, -0.25) is 4.79 Å². The van der Waals surface area contributed by atoms with Crippen molar-refractivity contribution in [3.8, 4) is 17.2 Å². The fourth-order valence-corrected chi connectivity index (χ4v) is 2.13. The van der Waals surface area contributed by atoms with E-state index in [0.717, 1.165) is 22.4 Å². The molecule has 0 unspecified atom stereocenters. The second kappa shape index (κ2) is 6.95. The Morgan fingerprint density at radius 2 is 1.79 bits per heavy atom. The Morgan fingerprint density at radius 1 is 1.08 bits per heavy atom. The van der Waals surface area contributed by atoms with Crippen LogP contribution in [0.1, 0.15) is 21.8 Å². The molecule has 3 rings (SSSR count). The number of aryl methyl sites for hydroxylation is 1. The van der Waals surface area contributed by atoms with Gasteiger partial charge in [-0.15, -0.1) is 10.2 Å². The van der Waals surface area contributed by atoms with Crippen molar-refractivity contribution in [1.82, 2.24) is 15.5 Å². The van der Waals surface area contributed by atoms with Crippen molar-refractivity contribution in [2.45, 2.75) is 13.5 Å². The number of ether oxygens (including phenoxy) is 1. The average molecular weight is 323 g/mol. The van der Waals surface area contributed by atoms with Gasteiger partial charge in [0.15, 0.2) is 0 Å². The number of carbonyl (C=O) groups excluding carboxylic acids is 1. The molecule has 0 radical (unpaired) electrons. The summed E-state index contributed by atoms with van der Waals surface area (Å²) < 4.78 is 10.5. The third kappa shape index (κ3) is 3.60. The number of hydrogen-bond acceptors (Lipinski definition) is 5. The van der Waals surface area contributed by atoms with Crippen LogP contribution in [0.2, 0.25) is 0 Å². The molecule has 6 heteroatoms. The maximum Gasteiger partial charge on any atom is 0.309 e. The molecule has 0 aliphatic carbocycles. The molecule has 122 valence electrons. The monoisotopic (exact) mass is 323 g/mol. The van der Waals surface area contributed by atoms with Crippen molar-refractivity contribution < 1.29 is 13.9 Å². The molecule has 0 fully saturated rings. The van der Waals surface area contributed by atoms with Crippen LogP contribution in [0.25, 0.3) is 11.5 Å². The highest BCUT2D eigenvalue weighted by Gasteiger charge is 2.15. The summed E-state index contributed by atoms with van der Waals surface area (Å²) in [6.45, 7) is 2.36. The van der Waals surface area contributed by atoms with Crippen molar-refractivity contribution in [3.05, 3.63) is 65.5 Å². The van der Waals surface area contributed by atoms with Gasteiger partial charge in [0.1, 0.15) is 5.75 Å². The second-order valence-electron chi connectivity index (χ2n) is 5.31. The number of nitrogens with one attached hydrogen (secondary N) is 1. The minimum Gasteiger partial charge on any atom is -0.497 e. The first-order valence-electron chi connectivity index (χ1n) is 7.47. The number of aromatic nitrogens is 2. The maximum atomic E-state index is 12.1. The second-order valence-corrected chi connectivity index (χ2v) is 5.31. The van der Waals surface area contributed by atoms with Gasteiger partial charge in [0, 0.05) is 12.1 Å². The summed E-state index contributed by atoms with van der Waals surface area (Å²) in [5.74, 6) is 0.630. The SMILES string of the molecule is COc1ccc(CNC(=O)c2nnc(-c3ccc(C)cc3)o2)cc1. The molecule has 1 amide bonds. The molecule has 3 aromatic rings. The van der Waals surface area contributed by atoms with E-state index in [-0.39, 0.29) is 5.89 Å². The zero-order chi connectivity index (χ0) is 16.9. The third-order valence-corrected chi connectivity index (χ3v) is 3.53. The summed E-state index contributed by atoms with van der Waals surface area (Å²) in [7, 11) is 1.61. The quantitative estimate of drug-likeness (QED) is 0.781. The lowest BCUT2D eigenvalue weighted by Crippen LogP contribution is -2.23. The van der Waals surface area contributed by atoms with Crippen LogP contribution in [0.15, 0.2) is 52.9 Å². The maximum absolute atomic E-state index is 12.1. The molecular formula is C18H17N3O3. The molecule has 2 aromatic carbocycles. The van der Waals surface area contributed by atoms with E-state index < -0.39 is 5.91 Å². The van der Waals surface area contributed by atoms with Gasteiger partial charge in [0.25, 0.3) is 0 Å². The van der Waals surface area contributed by atoms with Gasteiger partial charge in [-0.2, -0.15) is 0 Å². The Balaban J connectivity index is 1.64. The summed E-state index contributed by atoms with van der Waals surface area (Å²) >= 11 is 0. The Bertz CT molecular complexity index is 823. The van der Waals surface area contributed by atoms with E-state index in [9.17, 15) is 4.79 Å².